The first-order valence-electron chi connectivity index (χ1n) is 6.53. The molecule has 1 rings (SSSR count). The van der Waals surface area contributed by atoms with Crippen molar-refractivity contribution in [1.29, 1.82) is 0 Å². The van der Waals surface area contributed by atoms with Gasteiger partial charge in [0.05, 0.1) is 0 Å². The van der Waals surface area contributed by atoms with Gasteiger partial charge in [-0.1, -0.05) is 13.8 Å². The van der Waals surface area contributed by atoms with Gasteiger partial charge in [-0.15, -0.1) is 0 Å². The van der Waals surface area contributed by atoms with Crippen molar-refractivity contribution in [2.75, 3.05) is 26.7 Å². The van der Waals surface area contributed by atoms with Crippen LogP contribution in [0.5, 0.6) is 0 Å². The second-order valence-electron chi connectivity index (χ2n) is 5.70. The van der Waals surface area contributed by atoms with Gasteiger partial charge in [0, 0.05) is 13.1 Å². The third-order valence-corrected chi connectivity index (χ3v) is 4.24. The molecule has 1 saturated heterocycles. The normalized spacial score (nSPS) is 29.2. The Kier molecular flexibility index (Phi) is 4.95. The summed E-state index contributed by atoms with van der Waals surface area (Å²) in [6.45, 7) is 9.66. The third-order valence-electron chi connectivity index (χ3n) is 4.24. The van der Waals surface area contributed by atoms with Gasteiger partial charge in [0.1, 0.15) is 5.54 Å². The second-order valence-corrected chi connectivity index (χ2v) is 5.70. The Bertz CT molecular complexity index is 260. The van der Waals surface area contributed by atoms with Gasteiger partial charge in [0.25, 0.3) is 0 Å². The number of aliphatic carboxylic acids is 1. The van der Waals surface area contributed by atoms with E-state index in [2.05, 4.69) is 24.1 Å². The summed E-state index contributed by atoms with van der Waals surface area (Å²) < 4.78 is 0. The van der Waals surface area contributed by atoms with Crippen LogP contribution in [0.1, 0.15) is 33.6 Å². The first kappa shape index (κ1) is 14.5. The van der Waals surface area contributed by atoms with Crippen LogP contribution in [0.25, 0.3) is 0 Å². The smallest absolute Gasteiger partial charge is 0.323 e. The molecular formula is C13H26N2O2. The molecule has 0 spiro atoms. The molecule has 1 aliphatic heterocycles. The van der Waals surface area contributed by atoms with E-state index in [9.17, 15) is 4.79 Å². The van der Waals surface area contributed by atoms with Crippen molar-refractivity contribution in [3.05, 3.63) is 0 Å². The number of carboxylic acids is 1. The maximum absolute atomic E-state index is 11.1. The fraction of sp³-hybridized carbons (Fsp3) is 0.923. The number of nitrogens with zero attached hydrogens (tertiary/aromatic N) is 1. The Morgan fingerprint density at radius 3 is 2.35 bits per heavy atom. The molecule has 1 aliphatic rings. The van der Waals surface area contributed by atoms with Crippen LogP contribution in [-0.4, -0.2) is 48.2 Å². The molecule has 0 aliphatic carbocycles. The summed E-state index contributed by atoms with van der Waals surface area (Å²) in [6.07, 6.45) is 1.61. The second kappa shape index (κ2) is 5.83. The van der Waals surface area contributed by atoms with Crippen molar-refractivity contribution in [2.24, 2.45) is 11.8 Å². The molecule has 4 nitrogen and oxygen atoms in total. The number of hydrogen-bond acceptors (Lipinski definition) is 3. The van der Waals surface area contributed by atoms with Gasteiger partial charge in [-0.3, -0.25) is 4.79 Å². The Balaban J connectivity index is 2.30. The Morgan fingerprint density at radius 1 is 1.41 bits per heavy atom. The van der Waals surface area contributed by atoms with Crippen LogP contribution < -0.4 is 5.32 Å². The lowest BCUT2D eigenvalue weighted by atomic mass is 9.96. The van der Waals surface area contributed by atoms with Gasteiger partial charge in [-0.25, -0.2) is 0 Å². The van der Waals surface area contributed by atoms with E-state index in [0.717, 1.165) is 37.9 Å². The minimum Gasteiger partial charge on any atom is -0.480 e. The van der Waals surface area contributed by atoms with Crippen molar-refractivity contribution < 1.29 is 9.90 Å². The van der Waals surface area contributed by atoms with Gasteiger partial charge in [0.15, 0.2) is 0 Å². The zero-order valence-corrected chi connectivity index (χ0v) is 11.5. The van der Waals surface area contributed by atoms with Crippen LogP contribution in [0.3, 0.4) is 0 Å². The average Bonchev–Trinajstić information content (AvgIpc) is 2.57. The summed E-state index contributed by atoms with van der Waals surface area (Å²) in [5.41, 5.74) is -0.781. The number of likely N-dealkylation sites (tertiary alicyclic amines) is 1. The van der Waals surface area contributed by atoms with Crippen LogP contribution in [0.15, 0.2) is 0 Å². The Labute approximate surface area is 104 Å². The average molecular weight is 242 g/mol. The van der Waals surface area contributed by atoms with E-state index >= 15 is 0 Å². The molecule has 1 heterocycles. The summed E-state index contributed by atoms with van der Waals surface area (Å²) >= 11 is 0. The molecule has 1 fully saturated rings. The highest BCUT2D eigenvalue weighted by molar-refractivity contribution is 5.78. The number of carbonyl (C=O) groups is 1. The molecule has 100 valence electrons. The van der Waals surface area contributed by atoms with Crippen molar-refractivity contribution >= 4 is 5.97 Å². The molecule has 0 bridgehead atoms. The lowest BCUT2D eigenvalue weighted by Gasteiger charge is -2.25. The predicted octanol–water partition coefficient (Wildman–Crippen LogP) is 1.42. The maximum atomic E-state index is 11.1. The van der Waals surface area contributed by atoms with Crippen LogP contribution in [0.2, 0.25) is 0 Å². The molecule has 0 aromatic rings. The van der Waals surface area contributed by atoms with E-state index in [0.29, 0.717) is 6.42 Å². The molecule has 2 N–H and O–H groups in total. The minimum absolute atomic E-state index is 0.679. The largest absolute Gasteiger partial charge is 0.480 e. The van der Waals surface area contributed by atoms with E-state index in [1.54, 1.807) is 14.0 Å². The monoisotopic (exact) mass is 242 g/mol. The van der Waals surface area contributed by atoms with E-state index in [1.165, 1.54) is 0 Å². The van der Waals surface area contributed by atoms with Gasteiger partial charge in [-0.05, 0) is 45.2 Å². The first-order valence-corrected chi connectivity index (χ1v) is 6.53. The van der Waals surface area contributed by atoms with Gasteiger partial charge >= 0.3 is 5.97 Å². The standard InChI is InChI=1S/C13H26N2O2/c1-10-8-15(9-11(10)2)7-5-6-13(3,14-4)12(16)17/h10-11,14H,5-9H2,1-4H3,(H,16,17). The summed E-state index contributed by atoms with van der Waals surface area (Å²) in [5, 5.41) is 12.0. The summed E-state index contributed by atoms with van der Waals surface area (Å²) in [7, 11) is 1.72. The number of carboxylic acid groups (broad SMARTS) is 1. The van der Waals surface area contributed by atoms with Crippen LogP contribution in [-0.2, 0) is 4.79 Å². The van der Waals surface area contributed by atoms with Gasteiger partial charge in [0.2, 0.25) is 0 Å². The molecule has 17 heavy (non-hydrogen) atoms. The Hall–Kier alpha value is -0.610. The SMILES string of the molecule is CNC(C)(CCCN1CC(C)C(C)C1)C(=O)O. The lowest BCUT2D eigenvalue weighted by Crippen LogP contribution is -2.47. The van der Waals surface area contributed by atoms with Gasteiger partial charge < -0.3 is 15.3 Å². The predicted molar refractivity (Wildman–Crippen MR) is 69.1 cm³/mol. The molecule has 0 radical (unpaired) electrons. The first-order chi connectivity index (χ1) is 7.89. The fourth-order valence-electron chi connectivity index (χ4n) is 2.43. The van der Waals surface area contributed by atoms with Crippen LogP contribution in [0.4, 0.5) is 0 Å². The molecule has 0 aromatic carbocycles. The number of hydrogen-bond donors (Lipinski definition) is 2. The highest BCUT2D eigenvalue weighted by atomic mass is 16.4. The molecule has 3 unspecified atom stereocenters. The fourth-order valence-corrected chi connectivity index (χ4v) is 2.43. The Morgan fingerprint density at radius 2 is 1.94 bits per heavy atom. The summed E-state index contributed by atoms with van der Waals surface area (Å²) in [6, 6.07) is 0. The highest BCUT2D eigenvalue weighted by Gasteiger charge is 2.31. The number of nitrogens with one attached hydrogen (secondary N) is 1. The van der Waals surface area contributed by atoms with Gasteiger partial charge in [-0.2, -0.15) is 0 Å². The third kappa shape index (κ3) is 3.68. The topological polar surface area (TPSA) is 52.6 Å². The quantitative estimate of drug-likeness (QED) is 0.739. The summed E-state index contributed by atoms with van der Waals surface area (Å²) in [4.78, 5) is 13.6. The zero-order chi connectivity index (χ0) is 13.1. The van der Waals surface area contributed by atoms with E-state index < -0.39 is 11.5 Å². The van der Waals surface area contributed by atoms with Crippen LogP contribution in [0, 0.1) is 11.8 Å². The van der Waals surface area contributed by atoms with Crippen molar-refractivity contribution in [3.8, 4) is 0 Å². The molecule has 3 atom stereocenters. The molecular weight excluding hydrogens is 216 g/mol. The summed E-state index contributed by atoms with van der Waals surface area (Å²) in [5.74, 6) is 0.776. The molecule has 0 aromatic heterocycles. The van der Waals surface area contributed by atoms with E-state index in [1.807, 2.05) is 0 Å². The highest BCUT2D eigenvalue weighted by Crippen LogP contribution is 2.23. The molecule has 0 saturated carbocycles. The zero-order valence-electron chi connectivity index (χ0n) is 11.5. The lowest BCUT2D eigenvalue weighted by molar-refractivity contribution is -0.144. The van der Waals surface area contributed by atoms with Crippen LogP contribution >= 0.6 is 0 Å². The molecule has 4 heteroatoms. The van der Waals surface area contributed by atoms with E-state index in [4.69, 9.17) is 5.11 Å². The minimum atomic E-state index is -0.781. The number of rotatable bonds is 6. The van der Waals surface area contributed by atoms with Crippen molar-refractivity contribution in [3.63, 3.8) is 0 Å². The van der Waals surface area contributed by atoms with E-state index in [-0.39, 0.29) is 0 Å². The van der Waals surface area contributed by atoms with Crippen molar-refractivity contribution in [2.45, 2.75) is 39.2 Å². The van der Waals surface area contributed by atoms with Crippen molar-refractivity contribution in [1.82, 2.24) is 10.2 Å². The maximum Gasteiger partial charge on any atom is 0.323 e. The number of likely N-dealkylation sites (N-methyl/N-ethyl adjacent to an activating group) is 1. The molecule has 0 amide bonds.